The molecule has 4 heteroatoms. The molecule has 0 fully saturated rings. The molecular weight excluding hydrogens is 188 g/mol. The maximum Gasteiger partial charge on any atom is 0.141 e. The molecule has 0 aromatic carbocycles. The monoisotopic (exact) mass is 208 g/mol. The Bertz CT molecular complexity index is 281. The van der Waals surface area contributed by atoms with Crippen LogP contribution in [0.5, 0.6) is 0 Å². The summed E-state index contributed by atoms with van der Waals surface area (Å²) in [7, 11) is 0. The Morgan fingerprint density at radius 2 is 2.07 bits per heavy atom. The average molecular weight is 208 g/mol. The van der Waals surface area contributed by atoms with Gasteiger partial charge >= 0.3 is 0 Å². The zero-order valence-corrected chi connectivity index (χ0v) is 9.77. The molecule has 1 rings (SSSR count). The Morgan fingerprint density at radius 1 is 1.33 bits per heavy atom. The highest BCUT2D eigenvalue weighted by molar-refractivity contribution is 5.22. The van der Waals surface area contributed by atoms with Gasteiger partial charge < -0.3 is 5.73 Å². The highest BCUT2D eigenvalue weighted by Crippen LogP contribution is 2.04. The van der Waals surface area contributed by atoms with Crippen molar-refractivity contribution in [3.8, 4) is 0 Å². The Labute approximate surface area is 91.5 Å². The van der Waals surface area contributed by atoms with E-state index in [2.05, 4.69) is 35.6 Å². The number of anilines is 1. The van der Waals surface area contributed by atoms with Crippen LogP contribution in [0.1, 0.15) is 26.5 Å². The van der Waals surface area contributed by atoms with Gasteiger partial charge in [-0.25, -0.2) is 4.98 Å². The first-order chi connectivity index (χ1) is 7.11. The first-order valence-corrected chi connectivity index (χ1v) is 5.40. The summed E-state index contributed by atoms with van der Waals surface area (Å²) in [6, 6.07) is 0. The van der Waals surface area contributed by atoms with E-state index in [1.807, 2.05) is 0 Å². The van der Waals surface area contributed by atoms with Crippen molar-refractivity contribution >= 4 is 5.82 Å². The van der Waals surface area contributed by atoms with Gasteiger partial charge in [-0.15, -0.1) is 0 Å². The van der Waals surface area contributed by atoms with Gasteiger partial charge in [0.2, 0.25) is 0 Å². The molecular formula is C11H20N4. The van der Waals surface area contributed by atoms with Crippen molar-refractivity contribution < 1.29 is 0 Å². The zero-order valence-electron chi connectivity index (χ0n) is 9.77. The average Bonchev–Trinajstić information content (AvgIpc) is 2.19. The number of rotatable bonds is 5. The lowest BCUT2D eigenvalue weighted by molar-refractivity contribution is 0.245. The van der Waals surface area contributed by atoms with Gasteiger partial charge in [-0.05, 0) is 12.5 Å². The van der Waals surface area contributed by atoms with Crippen LogP contribution in [-0.4, -0.2) is 28.0 Å². The lowest BCUT2D eigenvalue weighted by Gasteiger charge is -2.21. The van der Waals surface area contributed by atoms with E-state index in [9.17, 15) is 0 Å². The number of nitrogens with zero attached hydrogens (tertiary/aromatic N) is 3. The predicted octanol–water partition coefficient (Wildman–Crippen LogP) is 1.54. The van der Waals surface area contributed by atoms with Crippen LogP contribution in [0.15, 0.2) is 12.4 Å². The first-order valence-electron chi connectivity index (χ1n) is 5.40. The van der Waals surface area contributed by atoms with Gasteiger partial charge in [0, 0.05) is 13.1 Å². The van der Waals surface area contributed by atoms with Gasteiger partial charge in [0.1, 0.15) is 5.82 Å². The molecule has 0 saturated heterocycles. The van der Waals surface area contributed by atoms with Gasteiger partial charge in [-0.1, -0.05) is 20.8 Å². The Morgan fingerprint density at radius 3 is 2.53 bits per heavy atom. The molecule has 15 heavy (non-hydrogen) atoms. The van der Waals surface area contributed by atoms with E-state index in [0.717, 1.165) is 25.3 Å². The standard InChI is InChI=1S/C11H20N4/c1-4-15(7-9(2)3)8-10-5-14-11(12)6-13-10/h5-6,9H,4,7-8H2,1-3H3,(H2,12,14). The maximum absolute atomic E-state index is 5.48. The van der Waals surface area contributed by atoms with E-state index in [1.165, 1.54) is 0 Å². The molecule has 0 aliphatic rings. The van der Waals surface area contributed by atoms with Gasteiger partial charge in [-0.3, -0.25) is 9.88 Å². The van der Waals surface area contributed by atoms with Crippen LogP contribution in [-0.2, 0) is 6.54 Å². The van der Waals surface area contributed by atoms with Gasteiger partial charge in [-0.2, -0.15) is 0 Å². The van der Waals surface area contributed by atoms with Crippen molar-refractivity contribution in [2.24, 2.45) is 5.92 Å². The number of nitrogens with two attached hydrogens (primary N) is 1. The number of hydrogen-bond donors (Lipinski definition) is 1. The lowest BCUT2D eigenvalue weighted by Crippen LogP contribution is -2.27. The summed E-state index contributed by atoms with van der Waals surface area (Å²) in [5, 5.41) is 0. The molecule has 84 valence electrons. The van der Waals surface area contributed by atoms with Crippen LogP contribution in [0, 0.1) is 5.92 Å². The minimum atomic E-state index is 0.477. The molecule has 1 heterocycles. The van der Waals surface area contributed by atoms with Gasteiger partial charge in [0.15, 0.2) is 0 Å². The Balaban J connectivity index is 2.54. The second-order valence-corrected chi connectivity index (χ2v) is 4.15. The fourth-order valence-corrected chi connectivity index (χ4v) is 1.50. The van der Waals surface area contributed by atoms with Crippen LogP contribution in [0.4, 0.5) is 5.82 Å². The largest absolute Gasteiger partial charge is 0.382 e. The Hall–Kier alpha value is -1.16. The predicted molar refractivity (Wildman–Crippen MR) is 62.2 cm³/mol. The molecule has 0 unspecified atom stereocenters. The first kappa shape index (κ1) is 11.9. The van der Waals surface area contributed by atoms with Gasteiger partial charge in [0.25, 0.3) is 0 Å². The highest BCUT2D eigenvalue weighted by atomic mass is 15.1. The van der Waals surface area contributed by atoms with Crippen molar-refractivity contribution in [2.75, 3.05) is 18.8 Å². The van der Waals surface area contributed by atoms with Crippen molar-refractivity contribution in [2.45, 2.75) is 27.3 Å². The third-order valence-electron chi connectivity index (χ3n) is 2.18. The quantitative estimate of drug-likeness (QED) is 0.797. The fraction of sp³-hybridized carbons (Fsp3) is 0.636. The van der Waals surface area contributed by atoms with Crippen LogP contribution >= 0.6 is 0 Å². The Kier molecular flexibility index (Phi) is 4.49. The van der Waals surface area contributed by atoms with Crippen molar-refractivity contribution in [1.82, 2.24) is 14.9 Å². The molecule has 0 amide bonds. The number of aromatic nitrogens is 2. The molecule has 1 aromatic heterocycles. The second-order valence-electron chi connectivity index (χ2n) is 4.15. The molecule has 0 bridgehead atoms. The maximum atomic E-state index is 5.48. The number of nitrogen functional groups attached to an aromatic ring is 1. The molecule has 0 atom stereocenters. The topological polar surface area (TPSA) is 55.0 Å². The van der Waals surface area contributed by atoms with Crippen molar-refractivity contribution in [3.05, 3.63) is 18.1 Å². The van der Waals surface area contributed by atoms with Crippen LogP contribution in [0.2, 0.25) is 0 Å². The molecule has 0 radical (unpaired) electrons. The van der Waals surface area contributed by atoms with E-state index < -0.39 is 0 Å². The van der Waals surface area contributed by atoms with Crippen LogP contribution < -0.4 is 5.73 Å². The van der Waals surface area contributed by atoms with Crippen molar-refractivity contribution in [1.29, 1.82) is 0 Å². The molecule has 1 aromatic rings. The summed E-state index contributed by atoms with van der Waals surface area (Å²) in [5.41, 5.74) is 6.46. The third-order valence-corrected chi connectivity index (χ3v) is 2.18. The summed E-state index contributed by atoms with van der Waals surface area (Å²) in [4.78, 5) is 10.6. The summed E-state index contributed by atoms with van der Waals surface area (Å²) < 4.78 is 0. The summed E-state index contributed by atoms with van der Waals surface area (Å²) >= 11 is 0. The van der Waals surface area contributed by atoms with E-state index in [4.69, 9.17) is 5.73 Å². The highest BCUT2D eigenvalue weighted by Gasteiger charge is 2.06. The van der Waals surface area contributed by atoms with Crippen LogP contribution in [0.25, 0.3) is 0 Å². The van der Waals surface area contributed by atoms with E-state index >= 15 is 0 Å². The lowest BCUT2D eigenvalue weighted by atomic mass is 10.2. The summed E-state index contributed by atoms with van der Waals surface area (Å²) in [5.74, 6) is 1.15. The fourth-order valence-electron chi connectivity index (χ4n) is 1.50. The molecule has 0 aliphatic heterocycles. The zero-order chi connectivity index (χ0) is 11.3. The molecule has 0 spiro atoms. The van der Waals surface area contributed by atoms with Crippen LogP contribution in [0.3, 0.4) is 0 Å². The van der Waals surface area contributed by atoms with Gasteiger partial charge in [0.05, 0.1) is 18.1 Å². The van der Waals surface area contributed by atoms with Crippen molar-refractivity contribution in [3.63, 3.8) is 0 Å². The van der Waals surface area contributed by atoms with E-state index in [0.29, 0.717) is 11.7 Å². The molecule has 0 aliphatic carbocycles. The smallest absolute Gasteiger partial charge is 0.141 e. The SMILES string of the molecule is CCN(Cc1cnc(N)cn1)CC(C)C. The molecule has 2 N–H and O–H groups in total. The second kappa shape index (κ2) is 5.66. The van der Waals surface area contributed by atoms with E-state index in [1.54, 1.807) is 12.4 Å². The minimum Gasteiger partial charge on any atom is -0.382 e. The third kappa shape index (κ3) is 4.25. The summed E-state index contributed by atoms with van der Waals surface area (Å²) in [6.45, 7) is 9.57. The molecule has 4 nitrogen and oxygen atoms in total. The summed E-state index contributed by atoms with van der Waals surface area (Å²) in [6.07, 6.45) is 3.36. The van der Waals surface area contributed by atoms with E-state index in [-0.39, 0.29) is 0 Å². The molecule has 0 saturated carbocycles. The normalized spacial score (nSPS) is 11.3. The number of hydrogen-bond acceptors (Lipinski definition) is 4. The minimum absolute atomic E-state index is 0.477.